The molecule has 1 fully saturated rings. The number of carbonyl (C=O) groups is 1. The summed E-state index contributed by atoms with van der Waals surface area (Å²) in [6.07, 6.45) is 6.36. The number of carboxylic acid groups (broad SMARTS) is 1. The number of aromatic nitrogens is 4. The number of amides is 1. The van der Waals surface area contributed by atoms with Crippen LogP contribution in [0.1, 0.15) is 77.6 Å². The second kappa shape index (κ2) is 8.62. The molecule has 0 spiro atoms. The summed E-state index contributed by atoms with van der Waals surface area (Å²) in [7, 11) is 0. The third-order valence-electron chi connectivity index (χ3n) is 7.37. The van der Waals surface area contributed by atoms with Gasteiger partial charge in [-0.2, -0.15) is 0 Å². The lowest BCUT2D eigenvalue weighted by atomic mass is 9.83. The minimum atomic E-state index is -0.918. The third kappa shape index (κ3) is 4.23. The minimum Gasteiger partial charge on any atom is -0.465 e. The van der Waals surface area contributed by atoms with Crippen molar-refractivity contribution in [2.45, 2.75) is 83.4 Å². The number of fused-ring (bicyclic) bond motifs is 3. The summed E-state index contributed by atoms with van der Waals surface area (Å²) >= 11 is 0. The number of benzene rings is 1. The first-order valence-electron chi connectivity index (χ1n) is 12.6. The first-order chi connectivity index (χ1) is 16.9. The van der Waals surface area contributed by atoms with Gasteiger partial charge in [-0.3, -0.25) is 4.40 Å². The molecule has 1 aliphatic rings. The van der Waals surface area contributed by atoms with Gasteiger partial charge in [-0.15, -0.1) is 0 Å². The standard InChI is InChI=1S/C28H35N5O3/c1-27(2,3)33(26(34)35)20-8-6-7-18(15-20)25-31-23(17-9-11-19(12-10-17)28(4,5)36)22-16-30-24-21(32(22)25)13-14-29-24/h9-14,16,18,20,29,36H,6-8,15H2,1-5H3,(H,34,35)/t18-,20-/m0/s1. The lowest BCUT2D eigenvalue weighted by Crippen LogP contribution is -2.52. The largest absolute Gasteiger partial charge is 0.465 e. The van der Waals surface area contributed by atoms with Gasteiger partial charge in [-0.25, -0.2) is 14.8 Å². The average Bonchev–Trinajstić information content (AvgIpc) is 3.42. The Bertz CT molecular complexity index is 1410. The topological polar surface area (TPSA) is 107 Å². The molecule has 190 valence electrons. The highest BCUT2D eigenvalue weighted by molar-refractivity contribution is 5.84. The first-order valence-corrected chi connectivity index (χ1v) is 12.6. The summed E-state index contributed by atoms with van der Waals surface area (Å²) in [6, 6.07) is 9.82. The monoisotopic (exact) mass is 489 g/mol. The molecule has 2 atom stereocenters. The molecule has 1 aliphatic carbocycles. The van der Waals surface area contributed by atoms with Crippen molar-refractivity contribution in [3.05, 3.63) is 54.1 Å². The quantitative estimate of drug-likeness (QED) is 0.330. The highest BCUT2D eigenvalue weighted by Crippen LogP contribution is 2.40. The molecule has 0 unspecified atom stereocenters. The molecule has 1 saturated carbocycles. The molecule has 1 amide bonds. The summed E-state index contributed by atoms with van der Waals surface area (Å²) in [4.78, 5) is 26.8. The van der Waals surface area contributed by atoms with Crippen LogP contribution in [0, 0.1) is 0 Å². The lowest BCUT2D eigenvalue weighted by Gasteiger charge is -2.43. The lowest BCUT2D eigenvalue weighted by molar-refractivity contribution is 0.0530. The van der Waals surface area contributed by atoms with E-state index in [-0.39, 0.29) is 12.0 Å². The number of rotatable bonds is 4. The summed E-state index contributed by atoms with van der Waals surface area (Å²) in [5.74, 6) is 1.06. The van der Waals surface area contributed by atoms with Crippen LogP contribution >= 0.6 is 0 Å². The van der Waals surface area contributed by atoms with E-state index in [0.29, 0.717) is 0 Å². The van der Waals surface area contributed by atoms with Crippen molar-refractivity contribution < 1.29 is 15.0 Å². The Morgan fingerprint density at radius 1 is 1.08 bits per heavy atom. The van der Waals surface area contributed by atoms with Gasteiger partial charge in [0.25, 0.3) is 0 Å². The van der Waals surface area contributed by atoms with Crippen LogP contribution in [0.25, 0.3) is 27.9 Å². The molecule has 3 heterocycles. The molecule has 0 saturated heterocycles. The smallest absolute Gasteiger partial charge is 0.407 e. The molecule has 3 aromatic heterocycles. The van der Waals surface area contributed by atoms with Crippen molar-refractivity contribution >= 4 is 22.8 Å². The van der Waals surface area contributed by atoms with E-state index >= 15 is 0 Å². The molecular formula is C28H35N5O3. The number of aromatic amines is 1. The van der Waals surface area contributed by atoms with Crippen LogP contribution < -0.4 is 0 Å². The normalized spacial score (nSPS) is 19.2. The van der Waals surface area contributed by atoms with Gasteiger partial charge in [0.2, 0.25) is 0 Å². The van der Waals surface area contributed by atoms with E-state index in [1.807, 2.05) is 63.5 Å². The van der Waals surface area contributed by atoms with E-state index < -0.39 is 17.2 Å². The highest BCUT2D eigenvalue weighted by Gasteiger charge is 2.38. The van der Waals surface area contributed by atoms with Crippen molar-refractivity contribution in [3.63, 3.8) is 0 Å². The Kier molecular flexibility index (Phi) is 5.82. The van der Waals surface area contributed by atoms with E-state index in [2.05, 4.69) is 14.4 Å². The zero-order valence-electron chi connectivity index (χ0n) is 21.6. The minimum absolute atomic E-state index is 0.0633. The maximum atomic E-state index is 12.2. The van der Waals surface area contributed by atoms with Crippen LogP contribution in [0.2, 0.25) is 0 Å². The number of nitrogens with one attached hydrogen (secondary N) is 1. The molecule has 0 radical (unpaired) electrons. The zero-order chi connectivity index (χ0) is 25.8. The van der Waals surface area contributed by atoms with E-state index in [0.717, 1.165) is 65.0 Å². The van der Waals surface area contributed by atoms with Crippen molar-refractivity contribution in [3.8, 4) is 11.3 Å². The Labute approximate surface area is 211 Å². The molecule has 4 aromatic rings. The number of hydrogen-bond donors (Lipinski definition) is 3. The summed E-state index contributed by atoms with van der Waals surface area (Å²) in [6.45, 7) is 9.42. The van der Waals surface area contributed by atoms with Crippen LogP contribution in [-0.4, -0.2) is 52.1 Å². The van der Waals surface area contributed by atoms with Crippen molar-refractivity contribution in [2.75, 3.05) is 0 Å². The zero-order valence-corrected chi connectivity index (χ0v) is 21.6. The van der Waals surface area contributed by atoms with Crippen molar-refractivity contribution in [1.82, 2.24) is 24.3 Å². The Balaban J connectivity index is 1.62. The number of aliphatic hydroxyl groups is 1. The maximum absolute atomic E-state index is 12.2. The van der Waals surface area contributed by atoms with E-state index in [1.165, 1.54) is 0 Å². The highest BCUT2D eigenvalue weighted by atomic mass is 16.4. The predicted molar refractivity (Wildman–Crippen MR) is 140 cm³/mol. The van der Waals surface area contributed by atoms with Crippen LogP contribution in [0.5, 0.6) is 0 Å². The molecule has 1 aromatic carbocycles. The number of nitrogens with zero attached hydrogens (tertiary/aromatic N) is 4. The summed E-state index contributed by atoms with van der Waals surface area (Å²) in [5, 5.41) is 20.4. The van der Waals surface area contributed by atoms with Gasteiger partial charge < -0.3 is 20.1 Å². The molecule has 5 rings (SSSR count). The fourth-order valence-electron chi connectivity index (χ4n) is 5.73. The number of H-pyrrole nitrogens is 1. The second-order valence-corrected chi connectivity index (χ2v) is 11.5. The molecule has 8 heteroatoms. The van der Waals surface area contributed by atoms with Crippen LogP contribution in [0.3, 0.4) is 0 Å². The van der Waals surface area contributed by atoms with Gasteiger partial charge in [0.05, 0.1) is 28.5 Å². The van der Waals surface area contributed by atoms with Crippen molar-refractivity contribution in [2.24, 2.45) is 0 Å². The van der Waals surface area contributed by atoms with Gasteiger partial charge in [0, 0.05) is 29.3 Å². The van der Waals surface area contributed by atoms with E-state index in [9.17, 15) is 15.0 Å². The average molecular weight is 490 g/mol. The third-order valence-corrected chi connectivity index (χ3v) is 7.37. The Hall–Kier alpha value is -3.39. The number of hydrogen-bond acceptors (Lipinski definition) is 4. The van der Waals surface area contributed by atoms with Gasteiger partial charge in [-0.1, -0.05) is 30.7 Å². The predicted octanol–water partition coefficient (Wildman–Crippen LogP) is 5.91. The van der Waals surface area contributed by atoms with Gasteiger partial charge in [0.1, 0.15) is 5.82 Å². The van der Waals surface area contributed by atoms with Crippen LogP contribution in [-0.2, 0) is 5.60 Å². The van der Waals surface area contributed by atoms with E-state index in [4.69, 9.17) is 4.98 Å². The van der Waals surface area contributed by atoms with Gasteiger partial charge in [-0.05, 0) is 65.5 Å². The molecule has 36 heavy (non-hydrogen) atoms. The molecule has 3 N–H and O–H groups in total. The van der Waals surface area contributed by atoms with E-state index in [1.54, 1.807) is 18.7 Å². The fraction of sp³-hybridized carbons (Fsp3) is 0.464. The fourth-order valence-corrected chi connectivity index (χ4v) is 5.73. The van der Waals surface area contributed by atoms with Gasteiger partial charge >= 0.3 is 6.09 Å². The first kappa shape index (κ1) is 24.3. The summed E-state index contributed by atoms with van der Waals surface area (Å²) in [5.41, 5.74) is 3.92. The molecule has 0 aliphatic heterocycles. The Morgan fingerprint density at radius 3 is 2.44 bits per heavy atom. The second-order valence-electron chi connectivity index (χ2n) is 11.5. The molecule has 0 bridgehead atoms. The van der Waals surface area contributed by atoms with Crippen LogP contribution in [0.15, 0.2) is 42.7 Å². The number of imidazole rings is 1. The molecular weight excluding hydrogens is 454 g/mol. The SMILES string of the molecule is CC(C)(O)c1ccc(-c2nc([C@H]3CCC[C@H](N(C(=O)O)C(C)(C)C)C3)n3c2cnc2[nH]ccc23)cc1. The summed E-state index contributed by atoms with van der Waals surface area (Å²) < 4.78 is 2.19. The Morgan fingerprint density at radius 2 is 1.81 bits per heavy atom. The molecule has 8 nitrogen and oxygen atoms in total. The maximum Gasteiger partial charge on any atom is 0.407 e. The van der Waals surface area contributed by atoms with Crippen molar-refractivity contribution in [1.29, 1.82) is 0 Å². The van der Waals surface area contributed by atoms with Crippen LogP contribution in [0.4, 0.5) is 4.79 Å². The van der Waals surface area contributed by atoms with Gasteiger partial charge in [0.15, 0.2) is 5.65 Å².